The van der Waals surface area contributed by atoms with E-state index in [2.05, 4.69) is 0 Å². The van der Waals surface area contributed by atoms with E-state index in [-0.39, 0.29) is 6.61 Å². The Morgan fingerprint density at radius 2 is 1.94 bits per heavy atom. The first-order chi connectivity index (χ1) is 8.38. The molecule has 0 atom stereocenters. The van der Waals surface area contributed by atoms with Crippen LogP contribution in [0, 0.1) is 5.92 Å². The number of hydrogen-bond donors (Lipinski definition) is 1. The third-order valence-electron chi connectivity index (χ3n) is 2.55. The second-order valence-electron chi connectivity index (χ2n) is 3.95. The Hall–Kier alpha value is -0.510. The molecule has 5 heteroatoms. The van der Waals surface area contributed by atoms with Gasteiger partial charge in [0.05, 0.1) is 19.8 Å². The molecule has 1 aromatic rings. The number of hydrogen-bond acceptors (Lipinski definition) is 4. The van der Waals surface area contributed by atoms with Gasteiger partial charge >= 0.3 is 8.60 Å². The lowest BCUT2D eigenvalue weighted by molar-refractivity contribution is 0.0582. The van der Waals surface area contributed by atoms with Crippen LogP contribution in [0.25, 0.3) is 0 Å². The van der Waals surface area contributed by atoms with Crippen LogP contribution in [-0.2, 0) is 20.2 Å². The van der Waals surface area contributed by atoms with E-state index < -0.39 is 8.60 Å². The molecule has 17 heavy (non-hydrogen) atoms. The van der Waals surface area contributed by atoms with Gasteiger partial charge in [-0.15, -0.1) is 0 Å². The molecule has 1 N–H and O–H groups in total. The van der Waals surface area contributed by atoms with Crippen LogP contribution in [0.3, 0.4) is 0 Å². The van der Waals surface area contributed by atoms with E-state index >= 15 is 0 Å². The highest BCUT2D eigenvalue weighted by atomic mass is 31.2. The lowest BCUT2D eigenvalue weighted by atomic mass is 10.1. The molecule has 0 saturated carbocycles. The Kier molecular flexibility index (Phi) is 5.36. The first kappa shape index (κ1) is 12.9. The molecule has 0 bridgehead atoms. The van der Waals surface area contributed by atoms with Crippen LogP contribution >= 0.6 is 8.60 Å². The number of aliphatic hydroxyl groups excluding tert-OH is 1. The van der Waals surface area contributed by atoms with Crippen LogP contribution in [-0.4, -0.2) is 24.9 Å². The Labute approximate surface area is 103 Å². The van der Waals surface area contributed by atoms with Crippen molar-refractivity contribution in [2.24, 2.45) is 5.92 Å². The molecule has 1 aliphatic heterocycles. The van der Waals surface area contributed by atoms with Crippen LogP contribution in [0.1, 0.15) is 12.0 Å². The molecule has 1 aromatic carbocycles. The van der Waals surface area contributed by atoms with Crippen molar-refractivity contribution in [3.05, 3.63) is 35.9 Å². The molecule has 0 aliphatic carbocycles. The Morgan fingerprint density at radius 1 is 1.24 bits per heavy atom. The van der Waals surface area contributed by atoms with Crippen molar-refractivity contribution in [2.45, 2.75) is 13.0 Å². The molecular weight excluding hydrogens is 239 g/mol. The number of aliphatic hydroxyl groups is 1. The highest BCUT2D eigenvalue weighted by Gasteiger charge is 2.23. The predicted octanol–water partition coefficient (Wildman–Crippen LogP) is 2.48. The summed E-state index contributed by atoms with van der Waals surface area (Å²) in [5.41, 5.74) is 1.11. The van der Waals surface area contributed by atoms with Gasteiger partial charge in [0.25, 0.3) is 0 Å². The molecule has 0 amide bonds. The first-order valence-corrected chi connectivity index (χ1v) is 6.81. The fourth-order valence-electron chi connectivity index (χ4n) is 1.54. The number of rotatable bonds is 5. The molecular formula is C12H17O4P. The zero-order chi connectivity index (χ0) is 11.9. The van der Waals surface area contributed by atoms with E-state index in [1.165, 1.54) is 0 Å². The zero-order valence-electron chi connectivity index (χ0n) is 9.62. The van der Waals surface area contributed by atoms with Gasteiger partial charge in [0.2, 0.25) is 0 Å². The molecule has 0 spiro atoms. The third-order valence-corrected chi connectivity index (χ3v) is 3.61. The van der Waals surface area contributed by atoms with Crippen molar-refractivity contribution in [1.29, 1.82) is 0 Å². The summed E-state index contributed by atoms with van der Waals surface area (Å²) in [6.45, 7) is 1.92. The summed E-state index contributed by atoms with van der Waals surface area (Å²) in [6, 6.07) is 9.95. The first-order valence-electron chi connectivity index (χ1n) is 5.72. The molecule has 1 saturated heterocycles. The van der Waals surface area contributed by atoms with Gasteiger partial charge in [-0.1, -0.05) is 30.3 Å². The molecule has 0 aromatic heterocycles. The minimum atomic E-state index is -1.21. The Bertz CT molecular complexity index is 312. The monoisotopic (exact) mass is 256 g/mol. The van der Waals surface area contributed by atoms with Gasteiger partial charge in [-0.2, -0.15) is 0 Å². The maximum atomic E-state index is 8.80. The Morgan fingerprint density at radius 3 is 2.59 bits per heavy atom. The van der Waals surface area contributed by atoms with Crippen molar-refractivity contribution in [3.8, 4) is 0 Å². The van der Waals surface area contributed by atoms with Crippen LogP contribution in [0.15, 0.2) is 30.3 Å². The van der Waals surface area contributed by atoms with Gasteiger partial charge in [0.1, 0.15) is 0 Å². The van der Waals surface area contributed by atoms with Gasteiger partial charge in [-0.25, -0.2) is 0 Å². The van der Waals surface area contributed by atoms with E-state index in [1.807, 2.05) is 30.3 Å². The fraction of sp³-hybridized carbons (Fsp3) is 0.500. The average Bonchev–Trinajstić information content (AvgIpc) is 2.40. The lowest BCUT2D eigenvalue weighted by Gasteiger charge is -2.26. The number of benzene rings is 1. The summed E-state index contributed by atoms with van der Waals surface area (Å²) >= 11 is 0. The Balaban J connectivity index is 1.68. The summed E-state index contributed by atoms with van der Waals surface area (Å²) in [5.74, 6) is 0.291. The van der Waals surface area contributed by atoms with E-state index in [0.29, 0.717) is 25.7 Å². The molecule has 0 radical (unpaired) electrons. The summed E-state index contributed by atoms with van der Waals surface area (Å²) < 4.78 is 16.5. The maximum absolute atomic E-state index is 8.80. The molecule has 1 heterocycles. The van der Waals surface area contributed by atoms with Gasteiger partial charge in [0.15, 0.2) is 0 Å². The van der Waals surface area contributed by atoms with Crippen LogP contribution in [0.4, 0.5) is 0 Å². The zero-order valence-corrected chi connectivity index (χ0v) is 10.5. The average molecular weight is 256 g/mol. The van der Waals surface area contributed by atoms with Gasteiger partial charge < -0.3 is 18.7 Å². The van der Waals surface area contributed by atoms with Gasteiger partial charge in [-0.3, -0.25) is 0 Å². The third kappa shape index (κ3) is 4.34. The second kappa shape index (κ2) is 7.04. The predicted molar refractivity (Wildman–Crippen MR) is 65.2 cm³/mol. The maximum Gasteiger partial charge on any atom is 0.333 e. The van der Waals surface area contributed by atoms with Crippen LogP contribution in [0.5, 0.6) is 0 Å². The topological polar surface area (TPSA) is 47.9 Å². The second-order valence-corrected chi connectivity index (χ2v) is 5.17. The molecule has 1 fully saturated rings. The molecule has 1 aliphatic rings. The standard InChI is InChI=1S/C12H17O4P/c13-7-6-12-9-15-17(16-10-12)14-8-11-4-2-1-3-5-11/h1-5,12-13H,6-10H2. The van der Waals surface area contributed by atoms with Crippen molar-refractivity contribution < 1.29 is 18.7 Å². The van der Waals surface area contributed by atoms with Crippen molar-refractivity contribution in [3.63, 3.8) is 0 Å². The van der Waals surface area contributed by atoms with Crippen molar-refractivity contribution >= 4 is 8.60 Å². The summed E-state index contributed by atoms with van der Waals surface area (Å²) in [5, 5.41) is 8.80. The largest absolute Gasteiger partial charge is 0.396 e. The highest BCUT2D eigenvalue weighted by Crippen LogP contribution is 2.44. The molecule has 2 rings (SSSR count). The van der Waals surface area contributed by atoms with Crippen LogP contribution in [0.2, 0.25) is 0 Å². The molecule has 4 nitrogen and oxygen atoms in total. The van der Waals surface area contributed by atoms with E-state index in [1.54, 1.807) is 0 Å². The quantitative estimate of drug-likeness (QED) is 0.822. The highest BCUT2D eigenvalue weighted by molar-refractivity contribution is 7.41. The summed E-state index contributed by atoms with van der Waals surface area (Å²) in [4.78, 5) is 0. The summed E-state index contributed by atoms with van der Waals surface area (Å²) in [7, 11) is -1.21. The van der Waals surface area contributed by atoms with E-state index in [0.717, 1.165) is 12.0 Å². The summed E-state index contributed by atoms with van der Waals surface area (Å²) in [6.07, 6.45) is 0.724. The molecule has 0 unspecified atom stereocenters. The minimum Gasteiger partial charge on any atom is -0.396 e. The molecule has 94 valence electrons. The smallest absolute Gasteiger partial charge is 0.333 e. The normalized spacial score (nSPS) is 24.8. The van der Waals surface area contributed by atoms with Gasteiger partial charge in [0, 0.05) is 12.5 Å². The van der Waals surface area contributed by atoms with Gasteiger partial charge in [-0.05, 0) is 12.0 Å². The van der Waals surface area contributed by atoms with Crippen molar-refractivity contribution in [1.82, 2.24) is 0 Å². The van der Waals surface area contributed by atoms with Crippen molar-refractivity contribution in [2.75, 3.05) is 19.8 Å². The van der Waals surface area contributed by atoms with E-state index in [4.69, 9.17) is 18.7 Å². The lowest BCUT2D eigenvalue weighted by Crippen LogP contribution is -2.21. The SMILES string of the molecule is OCCC1COP(OCc2ccccc2)OC1. The van der Waals surface area contributed by atoms with Crippen LogP contribution < -0.4 is 0 Å². The minimum absolute atomic E-state index is 0.181. The fourth-order valence-corrected chi connectivity index (χ4v) is 2.69. The van der Waals surface area contributed by atoms with E-state index in [9.17, 15) is 0 Å².